The summed E-state index contributed by atoms with van der Waals surface area (Å²) in [7, 11) is 3.14. The van der Waals surface area contributed by atoms with Crippen LogP contribution >= 0.6 is 0 Å². The summed E-state index contributed by atoms with van der Waals surface area (Å²) in [5.41, 5.74) is 8.48. The van der Waals surface area contributed by atoms with Crippen molar-refractivity contribution in [3.05, 3.63) is 53.6 Å². The number of rotatable bonds is 8. The van der Waals surface area contributed by atoms with Crippen LogP contribution in [0.25, 0.3) is 12.2 Å². The monoisotopic (exact) mass is 315 g/mol. The fraction of sp³-hybridized carbons (Fsp3) is 0.222. The Balaban J connectivity index is 2.16. The van der Waals surface area contributed by atoms with Crippen LogP contribution in [0.5, 0.6) is 11.5 Å². The molecule has 23 heavy (non-hydrogen) atoms. The van der Waals surface area contributed by atoms with E-state index in [9.17, 15) is 0 Å². The van der Waals surface area contributed by atoms with Crippen molar-refractivity contribution < 1.29 is 18.9 Å². The lowest BCUT2D eigenvalue weighted by Gasteiger charge is -2.12. The maximum absolute atomic E-state index is 5.68. The molecule has 2 aromatic carbocycles. The predicted octanol–water partition coefficient (Wildman–Crippen LogP) is 3.40. The van der Waals surface area contributed by atoms with Crippen LogP contribution in [-0.4, -0.2) is 27.8 Å². The predicted molar refractivity (Wildman–Crippen MR) is 91.2 cm³/mol. The van der Waals surface area contributed by atoms with E-state index in [1.54, 1.807) is 14.2 Å². The Kier molecular flexibility index (Phi) is 6.47. The van der Waals surface area contributed by atoms with Gasteiger partial charge in [-0.3, -0.25) is 0 Å². The Hall–Kier alpha value is -2.50. The molecule has 2 rings (SSSR count). The summed E-state index contributed by atoms with van der Waals surface area (Å²) < 4.78 is 20.9. The minimum atomic E-state index is 0.147. The van der Waals surface area contributed by atoms with Gasteiger partial charge < -0.3 is 24.7 Å². The van der Waals surface area contributed by atoms with Crippen LogP contribution in [0.15, 0.2) is 42.5 Å². The van der Waals surface area contributed by atoms with Crippen LogP contribution < -0.4 is 15.2 Å². The van der Waals surface area contributed by atoms with E-state index in [1.165, 1.54) is 0 Å². The summed E-state index contributed by atoms with van der Waals surface area (Å²) in [6.07, 6.45) is 4.00. The minimum absolute atomic E-state index is 0.147. The molecule has 0 fully saturated rings. The van der Waals surface area contributed by atoms with Gasteiger partial charge in [0.15, 0.2) is 25.1 Å². The van der Waals surface area contributed by atoms with E-state index in [0.29, 0.717) is 11.5 Å². The number of benzene rings is 2. The summed E-state index contributed by atoms with van der Waals surface area (Å²) in [4.78, 5) is 0. The second-order valence-corrected chi connectivity index (χ2v) is 4.81. The average Bonchev–Trinajstić information content (AvgIpc) is 2.58. The molecule has 0 aliphatic carbocycles. The van der Waals surface area contributed by atoms with Gasteiger partial charge in [0.2, 0.25) is 0 Å². The number of hydrogen-bond donors (Lipinski definition) is 1. The van der Waals surface area contributed by atoms with Crippen molar-refractivity contribution in [1.82, 2.24) is 0 Å². The zero-order chi connectivity index (χ0) is 16.5. The molecule has 0 saturated carbocycles. The number of hydrogen-bond acceptors (Lipinski definition) is 5. The molecule has 0 radical (unpaired) electrons. The molecule has 2 aromatic rings. The molecule has 2 N–H and O–H groups in total. The fourth-order valence-electron chi connectivity index (χ4n) is 1.90. The molecule has 0 heterocycles. The molecule has 0 aromatic heterocycles. The first kappa shape index (κ1) is 16.9. The summed E-state index contributed by atoms with van der Waals surface area (Å²) in [5, 5.41) is 0. The molecule has 0 aliphatic heterocycles. The third kappa shape index (κ3) is 5.32. The third-order valence-electron chi connectivity index (χ3n) is 3.04. The summed E-state index contributed by atoms with van der Waals surface area (Å²) in [5.74, 6) is 1.21. The minimum Gasteiger partial charge on any atom is -0.464 e. The maximum Gasteiger partial charge on any atom is 0.188 e. The first-order valence-corrected chi connectivity index (χ1v) is 7.14. The highest BCUT2D eigenvalue weighted by Crippen LogP contribution is 2.29. The van der Waals surface area contributed by atoms with Gasteiger partial charge in [-0.25, -0.2) is 0 Å². The van der Waals surface area contributed by atoms with Crippen LogP contribution in [-0.2, 0) is 9.47 Å². The lowest BCUT2D eigenvalue weighted by molar-refractivity contribution is 0.0322. The van der Waals surface area contributed by atoms with Gasteiger partial charge in [0, 0.05) is 19.9 Å². The highest BCUT2D eigenvalue weighted by Gasteiger charge is 2.06. The van der Waals surface area contributed by atoms with Gasteiger partial charge in [0.25, 0.3) is 0 Å². The Morgan fingerprint density at radius 1 is 0.783 bits per heavy atom. The lowest BCUT2D eigenvalue weighted by atomic mass is 10.1. The van der Waals surface area contributed by atoms with E-state index in [2.05, 4.69) is 0 Å². The van der Waals surface area contributed by atoms with Gasteiger partial charge in [0.05, 0.1) is 0 Å². The van der Waals surface area contributed by atoms with Crippen molar-refractivity contribution in [2.45, 2.75) is 0 Å². The van der Waals surface area contributed by atoms with Crippen molar-refractivity contribution in [3.63, 3.8) is 0 Å². The quantitative estimate of drug-likeness (QED) is 0.459. The third-order valence-corrected chi connectivity index (χ3v) is 3.04. The van der Waals surface area contributed by atoms with Gasteiger partial charge in [-0.05, 0) is 35.4 Å². The van der Waals surface area contributed by atoms with E-state index < -0.39 is 0 Å². The second kappa shape index (κ2) is 8.82. The van der Waals surface area contributed by atoms with Crippen molar-refractivity contribution in [1.29, 1.82) is 0 Å². The molecule has 0 atom stereocenters. The molecule has 5 heteroatoms. The summed E-state index contributed by atoms with van der Waals surface area (Å²) >= 11 is 0. The highest BCUT2D eigenvalue weighted by atomic mass is 16.7. The molecule has 0 aliphatic rings. The van der Waals surface area contributed by atoms with E-state index in [1.807, 2.05) is 54.6 Å². The topological polar surface area (TPSA) is 62.9 Å². The van der Waals surface area contributed by atoms with Gasteiger partial charge in [0.1, 0.15) is 0 Å². The molecule has 0 amide bonds. The standard InChI is InChI=1S/C18H21NO4/c1-20-12-22-17-10-7-15(11-18(17)23-13-21-2)4-3-14-5-8-16(19)9-6-14/h3-11H,12-13,19H2,1-2H3. The largest absolute Gasteiger partial charge is 0.464 e. The van der Waals surface area contributed by atoms with Crippen molar-refractivity contribution in [2.75, 3.05) is 33.5 Å². The molecular formula is C18H21NO4. The Bertz CT molecular complexity index is 638. The normalized spacial score (nSPS) is 10.9. The van der Waals surface area contributed by atoms with Gasteiger partial charge in [-0.15, -0.1) is 0 Å². The Labute approximate surface area is 136 Å². The zero-order valence-corrected chi connectivity index (χ0v) is 13.3. The molecule has 0 unspecified atom stereocenters. The van der Waals surface area contributed by atoms with Crippen molar-refractivity contribution in [2.24, 2.45) is 0 Å². The fourth-order valence-corrected chi connectivity index (χ4v) is 1.90. The molecule has 0 bridgehead atoms. The van der Waals surface area contributed by atoms with Gasteiger partial charge >= 0.3 is 0 Å². The van der Waals surface area contributed by atoms with Crippen LogP contribution in [0.2, 0.25) is 0 Å². The van der Waals surface area contributed by atoms with Gasteiger partial charge in [-0.1, -0.05) is 30.4 Å². The maximum atomic E-state index is 5.68. The number of methoxy groups -OCH3 is 2. The first-order valence-electron chi connectivity index (χ1n) is 7.14. The molecule has 5 nitrogen and oxygen atoms in total. The van der Waals surface area contributed by atoms with E-state index in [4.69, 9.17) is 24.7 Å². The Morgan fingerprint density at radius 3 is 2.00 bits per heavy atom. The summed E-state index contributed by atoms with van der Waals surface area (Å²) in [6, 6.07) is 13.3. The highest BCUT2D eigenvalue weighted by molar-refractivity contribution is 5.71. The number of nitrogens with two attached hydrogens (primary N) is 1. The van der Waals surface area contributed by atoms with Crippen LogP contribution in [0, 0.1) is 0 Å². The molecule has 0 saturated heterocycles. The zero-order valence-electron chi connectivity index (χ0n) is 13.3. The van der Waals surface area contributed by atoms with Crippen molar-refractivity contribution in [3.8, 4) is 11.5 Å². The van der Waals surface area contributed by atoms with E-state index in [0.717, 1.165) is 16.8 Å². The second-order valence-electron chi connectivity index (χ2n) is 4.81. The molecule has 122 valence electrons. The first-order chi connectivity index (χ1) is 11.2. The number of anilines is 1. The lowest BCUT2D eigenvalue weighted by Crippen LogP contribution is -2.04. The van der Waals surface area contributed by atoms with Gasteiger partial charge in [-0.2, -0.15) is 0 Å². The van der Waals surface area contributed by atoms with E-state index in [-0.39, 0.29) is 13.6 Å². The van der Waals surface area contributed by atoms with Crippen molar-refractivity contribution >= 4 is 17.8 Å². The van der Waals surface area contributed by atoms with Crippen LogP contribution in [0.3, 0.4) is 0 Å². The molecule has 0 spiro atoms. The smallest absolute Gasteiger partial charge is 0.188 e. The van der Waals surface area contributed by atoms with Crippen LogP contribution in [0.4, 0.5) is 5.69 Å². The number of nitrogen functional groups attached to an aromatic ring is 1. The summed E-state index contributed by atoms with van der Waals surface area (Å²) in [6.45, 7) is 0.304. The average molecular weight is 315 g/mol. The SMILES string of the molecule is COCOc1ccc(C=Cc2ccc(N)cc2)cc1OCOC. The number of ether oxygens (including phenoxy) is 4. The molecular weight excluding hydrogens is 294 g/mol. The Morgan fingerprint density at radius 2 is 1.35 bits per heavy atom. The van der Waals surface area contributed by atoms with E-state index >= 15 is 0 Å². The van der Waals surface area contributed by atoms with Crippen LogP contribution in [0.1, 0.15) is 11.1 Å².